The Balaban J connectivity index is 1.71. The van der Waals surface area contributed by atoms with Gasteiger partial charge in [0.1, 0.15) is 11.9 Å². The lowest BCUT2D eigenvalue weighted by Gasteiger charge is -2.15. The molecule has 1 atom stereocenters. The molecule has 0 aliphatic carbocycles. The molecule has 1 amide bonds. The molecule has 5 nitrogen and oxygen atoms in total. The minimum absolute atomic E-state index is 0.0137. The van der Waals surface area contributed by atoms with E-state index in [0.717, 1.165) is 17.0 Å². The second-order valence-electron chi connectivity index (χ2n) is 5.60. The molecule has 1 aromatic carbocycles. The molecule has 23 heavy (non-hydrogen) atoms. The van der Waals surface area contributed by atoms with Gasteiger partial charge in [-0.2, -0.15) is 5.10 Å². The number of nitrogens with one attached hydrogen (secondary N) is 1. The Hall–Kier alpha value is -2.01. The number of aromatic nitrogens is 2. The number of hydrogen-bond donors (Lipinski definition) is 1. The summed E-state index contributed by atoms with van der Waals surface area (Å²) in [6, 6.07) is 7.18. The summed E-state index contributed by atoms with van der Waals surface area (Å²) in [5.74, 6) is 0.752. The molecule has 0 spiro atoms. The minimum Gasteiger partial charge on any atom is -0.489 e. The van der Waals surface area contributed by atoms with Crippen LogP contribution in [0.1, 0.15) is 24.6 Å². The average molecular weight is 336 g/mol. The Morgan fingerprint density at radius 1 is 1.39 bits per heavy atom. The van der Waals surface area contributed by atoms with Crippen molar-refractivity contribution in [1.82, 2.24) is 15.1 Å². The van der Waals surface area contributed by atoms with Gasteiger partial charge in [-0.15, -0.1) is 0 Å². The van der Waals surface area contributed by atoms with Gasteiger partial charge in [0.05, 0.1) is 12.2 Å². The molecule has 0 fully saturated rings. The maximum Gasteiger partial charge on any atom is 0.220 e. The Morgan fingerprint density at radius 3 is 2.70 bits per heavy atom. The number of amides is 1. The lowest BCUT2D eigenvalue weighted by atomic mass is 10.1. The van der Waals surface area contributed by atoms with Crippen molar-refractivity contribution in [2.75, 3.05) is 6.54 Å². The molecule has 2 rings (SSSR count). The van der Waals surface area contributed by atoms with Gasteiger partial charge in [-0.1, -0.05) is 11.6 Å². The molecule has 0 radical (unpaired) electrons. The number of carbonyl (C=O) groups excluding carboxylic acids is 1. The largest absolute Gasteiger partial charge is 0.489 e. The third-order valence-corrected chi connectivity index (χ3v) is 3.73. The van der Waals surface area contributed by atoms with Crippen molar-refractivity contribution in [3.8, 4) is 5.75 Å². The third kappa shape index (κ3) is 5.60. The van der Waals surface area contributed by atoms with E-state index in [-0.39, 0.29) is 12.0 Å². The summed E-state index contributed by atoms with van der Waals surface area (Å²) < 4.78 is 7.49. The third-order valence-electron chi connectivity index (χ3n) is 3.47. The van der Waals surface area contributed by atoms with Gasteiger partial charge in [0.2, 0.25) is 5.91 Å². The molecule has 0 unspecified atom stereocenters. The molecular weight excluding hydrogens is 314 g/mol. The van der Waals surface area contributed by atoms with Gasteiger partial charge < -0.3 is 10.1 Å². The Kier molecular flexibility index (Phi) is 6.04. The lowest BCUT2D eigenvalue weighted by Crippen LogP contribution is -2.33. The summed E-state index contributed by atoms with van der Waals surface area (Å²) in [7, 11) is 1.88. The predicted octanol–water partition coefficient (Wildman–Crippen LogP) is 2.90. The van der Waals surface area contributed by atoms with Gasteiger partial charge in [-0.3, -0.25) is 9.48 Å². The van der Waals surface area contributed by atoms with Crippen molar-refractivity contribution >= 4 is 17.5 Å². The van der Waals surface area contributed by atoms with E-state index < -0.39 is 0 Å². The van der Waals surface area contributed by atoms with Crippen LogP contribution in [0.15, 0.2) is 30.5 Å². The number of benzene rings is 1. The minimum atomic E-state index is -0.111. The fraction of sp³-hybridized carbons (Fsp3) is 0.412. The normalized spacial score (nSPS) is 12.0. The first-order valence-electron chi connectivity index (χ1n) is 7.62. The van der Waals surface area contributed by atoms with Crippen molar-refractivity contribution < 1.29 is 9.53 Å². The number of carbonyl (C=O) groups is 1. The fourth-order valence-corrected chi connectivity index (χ4v) is 2.40. The van der Waals surface area contributed by atoms with Crippen LogP contribution >= 0.6 is 11.6 Å². The van der Waals surface area contributed by atoms with Gasteiger partial charge in [-0.25, -0.2) is 0 Å². The van der Waals surface area contributed by atoms with E-state index in [4.69, 9.17) is 16.3 Å². The molecule has 1 aromatic heterocycles. The van der Waals surface area contributed by atoms with Crippen LogP contribution in [0.3, 0.4) is 0 Å². The highest BCUT2D eigenvalue weighted by Crippen LogP contribution is 2.16. The standard InChI is InChI=1S/C17H22ClN3O2/c1-12(23-16-7-5-15(18)6-8-16)10-19-17(22)9-4-14-11-21(3)20-13(14)2/h5-8,11-12H,4,9-10H2,1-3H3,(H,19,22)/t12-/m0/s1. The first-order chi connectivity index (χ1) is 10.9. The van der Waals surface area contributed by atoms with Gasteiger partial charge >= 0.3 is 0 Å². The fourth-order valence-electron chi connectivity index (χ4n) is 2.28. The van der Waals surface area contributed by atoms with Crippen LogP contribution in [0.25, 0.3) is 0 Å². The average Bonchev–Trinajstić information content (AvgIpc) is 2.83. The second-order valence-corrected chi connectivity index (χ2v) is 6.04. The molecule has 0 aliphatic rings. The van der Waals surface area contributed by atoms with Gasteiger partial charge in [0.15, 0.2) is 0 Å². The van der Waals surface area contributed by atoms with E-state index in [1.807, 2.05) is 39.2 Å². The molecule has 0 bridgehead atoms. The quantitative estimate of drug-likeness (QED) is 0.846. The number of halogens is 1. The Labute approximate surface area is 141 Å². The highest BCUT2D eigenvalue weighted by molar-refractivity contribution is 6.30. The van der Waals surface area contributed by atoms with Gasteiger partial charge in [0.25, 0.3) is 0 Å². The molecule has 124 valence electrons. The molecule has 1 N–H and O–H groups in total. The van der Waals surface area contributed by atoms with E-state index in [1.54, 1.807) is 16.8 Å². The smallest absolute Gasteiger partial charge is 0.220 e. The molecule has 2 aromatic rings. The van der Waals surface area contributed by atoms with E-state index >= 15 is 0 Å². The summed E-state index contributed by atoms with van der Waals surface area (Å²) >= 11 is 5.83. The molecule has 6 heteroatoms. The zero-order valence-corrected chi connectivity index (χ0v) is 14.4. The summed E-state index contributed by atoms with van der Waals surface area (Å²) in [6.45, 7) is 4.34. The van der Waals surface area contributed by atoms with E-state index in [0.29, 0.717) is 24.4 Å². The van der Waals surface area contributed by atoms with Crippen LogP contribution in [0.2, 0.25) is 5.02 Å². The van der Waals surface area contributed by atoms with E-state index in [1.165, 1.54) is 0 Å². The monoisotopic (exact) mass is 335 g/mol. The van der Waals surface area contributed by atoms with Crippen LogP contribution < -0.4 is 10.1 Å². The molecule has 0 aliphatic heterocycles. The zero-order chi connectivity index (χ0) is 16.8. The van der Waals surface area contributed by atoms with Crippen LogP contribution in [0.4, 0.5) is 0 Å². The maximum absolute atomic E-state index is 11.9. The summed E-state index contributed by atoms with van der Waals surface area (Å²) in [5.41, 5.74) is 2.08. The van der Waals surface area contributed by atoms with Crippen LogP contribution in [-0.2, 0) is 18.3 Å². The van der Waals surface area contributed by atoms with E-state index in [9.17, 15) is 4.79 Å². The number of aryl methyl sites for hydroxylation is 3. The topological polar surface area (TPSA) is 56.2 Å². The highest BCUT2D eigenvalue weighted by Gasteiger charge is 2.09. The molecule has 0 saturated heterocycles. The Morgan fingerprint density at radius 2 is 2.09 bits per heavy atom. The van der Waals surface area contributed by atoms with Gasteiger partial charge in [-0.05, 0) is 50.1 Å². The van der Waals surface area contributed by atoms with Crippen molar-refractivity contribution in [2.24, 2.45) is 7.05 Å². The first kappa shape index (κ1) is 17.3. The maximum atomic E-state index is 11.9. The van der Waals surface area contributed by atoms with Crippen molar-refractivity contribution in [3.05, 3.63) is 46.7 Å². The first-order valence-corrected chi connectivity index (χ1v) is 8.00. The number of rotatable bonds is 7. The SMILES string of the molecule is Cc1nn(C)cc1CCC(=O)NC[C@H](C)Oc1ccc(Cl)cc1. The summed E-state index contributed by atoms with van der Waals surface area (Å²) in [6.07, 6.45) is 2.98. The van der Waals surface area contributed by atoms with Gasteiger partial charge in [0, 0.05) is 24.7 Å². The van der Waals surface area contributed by atoms with Crippen molar-refractivity contribution in [2.45, 2.75) is 32.8 Å². The van der Waals surface area contributed by atoms with Crippen LogP contribution in [-0.4, -0.2) is 28.3 Å². The zero-order valence-electron chi connectivity index (χ0n) is 13.7. The molecule has 1 heterocycles. The molecular formula is C17H22ClN3O2. The van der Waals surface area contributed by atoms with E-state index in [2.05, 4.69) is 10.4 Å². The summed E-state index contributed by atoms with van der Waals surface area (Å²) in [5, 5.41) is 7.84. The predicted molar refractivity (Wildman–Crippen MR) is 90.8 cm³/mol. The summed E-state index contributed by atoms with van der Waals surface area (Å²) in [4.78, 5) is 11.9. The van der Waals surface area contributed by atoms with Crippen LogP contribution in [0.5, 0.6) is 5.75 Å². The second kappa shape index (κ2) is 8.02. The highest BCUT2D eigenvalue weighted by atomic mass is 35.5. The number of hydrogen-bond acceptors (Lipinski definition) is 3. The van der Waals surface area contributed by atoms with Crippen molar-refractivity contribution in [3.63, 3.8) is 0 Å². The Bertz CT molecular complexity index is 652. The van der Waals surface area contributed by atoms with Crippen molar-refractivity contribution in [1.29, 1.82) is 0 Å². The number of ether oxygens (including phenoxy) is 1. The number of nitrogens with zero attached hydrogens (tertiary/aromatic N) is 2. The lowest BCUT2D eigenvalue weighted by molar-refractivity contribution is -0.121. The molecule has 0 saturated carbocycles. The van der Waals surface area contributed by atoms with Crippen LogP contribution in [0, 0.1) is 6.92 Å².